The number of aromatic nitrogens is 1. The van der Waals surface area contributed by atoms with Gasteiger partial charge in [0.25, 0.3) is 11.8 Å². The summed E-state index contributed by atoms with van der Waals surface area (Å²) in [7, 11) is 0. The maximum absolute atomic E-state index is 12.1. The fourth-order valence-electron chi connectivity index (χ4n) is 1.73. The molecule has 0 radical (unpaired) electrons. The molecule has 4 N–H and O–H groups in total. The average molecular weight is 296 g/mol. The van der Waals surface area contributed by atoms with Crippen molar-refractivity contribution in [2.75, 3.05) is 17.6 Å². The van der Waals surface area contributed by atoms with Gasteiger partial charge in [-0.15, -0.1) is 6.58 Å². The molecule has 1 heterocycles. The number of nitrogens with one attached hydrogen (secondary N) is 2. The van der Waals surface area contributed by atoms with Crippen LogP contribution in [0.25, 0.3) is 0 Å². The fourth-order valence-corrected chi connectivity index (χ4v) is 1.73. The topological polar surface area (TPSA) is 97.1 Å². The third-order valence-corrected chi connectivity index (χ3v) is 2.87. The summed E-state index contributed by atoms with van der Waals surface area (Å²) in [5.74, 6) is -0.664. The number of carbonyl (C=O) groups excluding carboxylic acids is 2. The van der Waals surface area contributed by atoms with Crippen LogP contribution in [0.15, 0.2) is 55.3 Å². The second-order valence-electron chi connectivity index (χ2n) is 4.47. The smallest absolute Gasteiger partial charge is 0.274 e. The van der Waals surface area contributed by atoms with E-state index in [1.807, 2.05) is 0 Å². The zero-order chi connectivity index (χ0) is 15.9. The van der Waals surface area contributed by atoms with Crippen LogP contribution in [-0.2, 0) is 0 Å². The number of amides is 2. The molecule has 6 nitrogen and oxygen atoms in total. The molecule has 0 atom stereocenters. The molecule has 0 aliphatic heterocycles. The Hall–Kier alpha value is -3.15. The second kappa shape index (κ2) is 7.03. The molecule has 0 bridgehead atoms. The first-order chi connectivity index (χ1) is 10.6. The van der Waals surface area contributed by atoms with Gasteiger partial charge in [-0.3, -0.25) is 14.6 Å². The van der Waals surface area contributed by atoms with E-state index in [4.69, 9.17) is 5.73 Å². The van der Waals surface area contributed by atoms with Gasteiger partial charge in [-0.25, -0.2) is 0 Å². The Kier molecular flexibility index (Phi) is 4.87. The maximum Gasteiger partial charge on any atom is 0.274 e. The van der Waals surface area contributed by atoms with Crippen LogP contribution in [0.5, 0.6) is 0 Å². The molecule has 2 rings (SSSR count). The van der Waals surface area contributed by atoms with E-state index in [-0.39, 0.29) is 11.6 Å². The predicted octanol–water partition coefficient (Wildman–Crippen LogP) is 1.83. The molecule has 0 aliphatic carbocycles. The Morgan fingerprint density at radius 2 is 1.95 bits per heavy atom. The van der Waals surface area contributed by atoms with Gasteiger partial charge >= 0.3 is 0 Å². The lowest BCUT2D eigenvalue weighted by molar-refractivity contribution is 0.0955. The SMILES string of the molecule is C=CCNC(=O)c1ccc(C(=O)Nc2ccccc2N)nc1. The number of hydrogen-bond donors (Lipinski definition) is 3. The zero-order valence-corrected chi connectivity index (χ0v) is 11.9. The van der Waals surface area contributed by atoms with Gasteiger partial charge in [-0.05, 0) is 24.3 Å². The number of rotatable bonds is 5. The van der Waals surface area contributed by atoms with Crippen molar-refractivity contribution in [2.24, 2.45) is 0 Å². The van der Waals surface area contributed by atoms with E-state index >= 15 is 0 Å². The van der Waals surface area contributed by atoms with Gasteiger partial charge in [0, 0.05) is 12.7 Å². The van der Waals surface area contributed by atoms with E-state index in [1.165, 1.54) is 18.3 Å². The molecule has 2 aromatic rings. The van der Waals surface area contributed by atoms with Crippen molar-refractivity contribution in [1.82, 2.24) is 10.3 Å². The van der Waals surface area contributed by atoms with Gasteiger partial charge in [0.2, 0.25) is 0 Å². The first kappa shape index (κ1) is 15.2. The highest BCUT2D eigenvalue weighted by atomic mass is 16.2. The Morgan fingerprint density at radius 3 is 2.59 bits per heavy atom. The van der Waals surface area contributed by atoms with Gasteiger partial charge in [-0.2, -0.15) is 0 Å². The van der Waals surface area contributed by atoms with Crippen LogP contribution in [0.1, 0.15) is 20.8 Å². The quantitative estimate of drug-likeness (QED) is 0.579. The molecule has 0 unspecified atom stereocenters. The summed E-state index contributed by atoms with van der Waals surface area (Å²) in [6.45, 7) is 3.89. The second-order valence-corrected chi connectivity index (χ2v) is 4.47. The lowest BCUT2D eigenvalue weighted by Crippen LogP contribution is -2.23. The number of hydrogen-bond acceptors (Lipinski definition) is 4. The summed E-state index contributed by atoms with van der Waals surface area (Å²) in [5.41, 5.74) is 7.32. The van der Waals surface area contributed by atoms with Crippen molar-refractivity contribution >= 4 is 23.2 Å². The summed E-state index contributed by atoms with van der Waals surface area (Å²) in [5, 5.41) is 5.30. The molecular formula is C16H16N4O2. The lowest BCUT2D eigenvalue weighted by atomic mass is 10.2. The molecule has 2 amide bonds. The number of anilines is 2. The molecule has 0 saturated heterocycles. The Morgan fingerprint density at radius 1 is 1.18 bits per heavy atom. The lowest BCUT2D eigenvalue weighted by Gasteiger charge is -2.07. The fraction of sp³-hybridized carbons (Fsp3) is 0.0625. The summed E-state index contributed by atoms with van der Waals surface area (Å²) in [6, 6.07) is 9.96. The minimum atomic E-state index is -0.393. The van der Waals surface area contributed by atoms with Crippen molar-refractivity contribution < 1.29 is 9.59 Å². The highest BCUT2D eigenvalue weighted by Crippen LogP contribution is 2.17. The van der Waals surface area contributed by atoms with Gasteiger partial charge in [0.1, 0.15) is 5.69 Å². The Bertz CT molecular complexity index is 696. The predicted molar refractivity (Wildman–Crippen MR) is 85.6 cm³/mol. The number of benzene rings is 1. The highest BCUT2D eigenvalue weighted by Gasteiger charge is 2.11. The molecule has 1 aromatic carbocycles. The summed E-state index contributed by atoms with van der Waals surface area (Å²) in [6.07, 6.45) is 2.93. The molecule has 0 fully saturated rings. The summed E-state index contributed by atoms with van der Waals surface area (Å²) < 4.78 is 0. The minimum Gasteiger partial charge on any atom is -0.397 e. The van der Waals surface area contributed by atoms with Gasteiger partial charge < -0.3 is 16.4 Å². The molecule has 6 heteroatoms. The van der Waals surface area contributed by atoms with Crippen LogP contribution < -0.4 is 16.4 Å². The normalized spacial score (nSPS) is 9.82. The van der Waals surface area contributed by atoms with Crippen LogP contribution in [-0.4, -0.2) is 23.3 Å². The average Bonchev–Trinajstić information content (AvgIpc) is 2.55. The summed E-state index contributed by atoms with van der Waals surface area (Å²) >= 11 is 0. The Labute approximate surface area is 128 Å². The van der Waals surface area contributed by atoms with Gasteiger partial charge in [0.05, 0.1) is 16.9 Å². The highest BCUT2D eigenvalue weighted by molar-refractivity contribution is 6.04. The minimum absolute atomic E-state index is 0.198. The van der Waals surface area contributed by atoms with E-state index in [2.05, 4.69) is 22.2 Å². The van der Waals surface area contributed by atoms with Crippen molar-refractivity contribution in [3.8, 4) is 0 Å². The standard InChI is InChI=1S/C16H16N4O2/c1-2-9-18-15(21)11-7-8-14(19-10-11)16(22)20-13-6-4-3-5-12(13)17/h2-8,10H,1,9,17H2,(H,18,21)(H,20,22). The number of nitrogens with two attached hydrogens (primary N) is 1. The van der Waals surface area contributed by atoms with Gasteiger partial charge in [-0.1, -0.05) is 18.2 Å². The number of nitrogens with zero attached hydrogens (tertiary/aromatic N) is 1. The van der Waals surface area contributed by atoms with Crippen LogP contribution in [0, 0.1) is 0 Å². The molecule has 0 aliphatic rings. The first-order valence-electron chi connectivity index (χ1n) is 6.63. The number of nitrogen functional groups attached to an aromatic ring is 1. The van der Waals surface area contributed by atoms with Crippen LogP contribution >= 0.6 is 0 Å². The van der Waals surface area contributed by atoms with Crippen LogP contribution in [0.2, 0.25) is 0 Å². The van der Waals surface area contributed by atoms with Crippen LogP contribution in [0.3, 0.4) is 0 Å². The van der Waals surface area contributed by atoms with E-state index in [1.54, 1.807) is 30.3 Å². The first-order valence-corrected chi connectivity index (χ1v) is 6.63. The number of pyridine rings is 1. The third kappa shape index (κ3) is 3.69. The van der Waals surface area contributed by atoms with E-state index in [0.717, 1.165) is 0 Å². The molecule has 1 aromatic heterocycles. The molecule has 22 heavy (non-hydrogen) atoms. The van der Waals surface area contributed by atoms with Crippen molar-refractivity contribution in [1.29, 1.82) is 0 Å². The van der Waals surface area contributed by atoms with Crippen LogP contribution in [0.4, 0.5) is 11.4 Å². The Balaban J connectivity index is 2.07. The van der Waals surface area contributed by atoms with E-state index < -0.39 is 5.91 Å². The van der Waals surface area contributed by atoms with Crippen molar-refractivity contribution in [3.05, 3.63) is 66.5 Å². The monoisotopic (exact) mass is 296 g/mol. The summed E-state index contributed by atoms with van der Waals surface area (Å²) in [4.78, 5) is 27.8. The molecular weight excluding hydrogens is 280 g/mol. The molecule has 112 valence electrons. The third-order valence-electron chi connectivity index (χ3n) is 2.87. The van der Waals surface area contributed by atoms with Gasteiger partial charge in [0.15, 0.2) is 0 Å². The number of para-hydroxylation sites is 2. The molecule has 0 saturated carbocycles. The van der Waals surface area contributed by atoms with Crippen molar-refractivity contribution in [2.45, 2.75) is 0 Å². The maximum atomic E-state index is 12.1. The largest absolute Gasteiger partial charge is 0.397 e. The van der Waals surface area contributed by atoms with E-state index in [9.17, 15) is 9.59 Å². The van der Waals surface area contributed by atoms with Crippen molar-refractivity contribution in [3.63, 3.8) is 0 Å². The van der Waals surface area contributed by atoms with E-state index in [0.29, 0.717) is 23.5 Å². The zero-order valence-electron chi connectivity index (χ0n) is 11.9. The number of carbonyl (C=O) groups is 2. The molecule has 0 spiro atoms.